The second-order valence-corrected chi connectivity index (χ2v) is 5.98. The maximum atomic E-state index is 11.5. The Hall–Kier alpha value is -2.29. The quantitative estimate of drug-likeness (QED) is 0.851. The average molecular weight is 295 g/mol. The van der Waals surface area contributed by atoms with Crippen LogP contribution in [0.1, 0.15) is 30.4 Å². The first-order chi connectivity index (χ1) is 10.7. The summed E-state index contributed by atoms with van der Waals surface area (Å²) >= 11 is 0. The van der Waals surface area contributed by atoms with Gasteiger partial charge in [-0.2, -0.15) is 0 Å². The highest BCUT2D eigenvalue weighted by Crippen LogP contribution is 2.44. The number of aliphatic carboxylic acids is 1. The molecule has 1 aliphatic carbocycles. The van der Waals surface area contributed by atoms with Crippen LogP contribution < -0.4 is 5.32 Å². The number of carbonyl (C=O) groups is 1. The summed E-state index contributed by atoms with van der Waals surface area (Å²) in [5.41, 5.74) is 2.65. The van der Waals surface area contributed by atoms with E-state index in [9.17, 15) is 9.90 Å². The van der Waals surface area contributed by atoms with E-state index in [4.69, 9.17) is 0 Å². The molecular weight excluding hydrogens is 274 g/mol. The van der Waals surface area contributed by atoms with Crippen molar-refractivity contribution in [3.8, 4) is 0 Å². The highest BCUT2D eigenvalue weighted by Gasteiger charge is 2.45. The first kappa shape index (κ1) is 14.6. The summed E-state index contributed by atoms with van der Waals surface area (Å²) < 4.78 is 0. The van der Waals surface area contributed by atoms with Gasteiger partial charge >= 0.3 is 5.97 Å². The summed E-state index contributed by atoms with van der Waals surface area (Å²) in [6.07, 6.45) is 3.48. The van der Waals surface area contributed by atoms with Crippen LogP contribution in [0.3, 0.4) is 0 Å². The van der Waals surface area contributed by atoms with Crippen molar-refractivity contribution in [1.29, 1.82) is 0 Å². The van der Waals surface area contributed by atoms with Crippen molar-refractivity contribution in [1.82, 2.24) is 0 Å². The summed E-state index contributed by atoms with van der Waals surface area (Å²) in [6, 6.07) is 18.3. The van der Waals surface area contributed by atoms with Crippen molar-refractivity contribution < 1.29 is 9.90 Å². The van der Waals surface area contributed by atoms with E-state index < -0.39 is 11.4 Å². The molecule has 0 bridgehead atoms. The average Bonchev–Trinajstić information content (AvgIpc) is 2.48. The minimum Gasteiger partial charge on any atom is -0.481 e. The van der Waals surface area contributed by atoms with Crippen LogP contribution in [0.5, 0.6) is 0 Å². The Labute approximate surface area is 131 Å². The van der Waals surface area contributed by atoms with Crippen molar-refractivity contribution in [3.63, 3.8) is 0 Å². The van der Waals surface area contributed by atoms with Crippen LogP contribution in [0.4, 0.5) is 5.69 Å². The molecule has 3 heteroatoms. The number of carboxylic acids is 1. The van der Waals surface area contributed by atoms with E-state index in [1.54, 1.807) is 0 Å². The number of benzene rings is 2. The Morgan fingerprint density at radius 1 is 1.05 bits per heavy atom. The standard InChI is InChI=1S/C19H21NO2/c21-18(22)19(12-4-13-19)16-7-9-17(10-8-16)20-14-11-15-5-2-1-3-6-15/h1-3,5-10,20H,4,11-14H2,(H,21,22). The fraction of sp³-hybridized carbons (Fsp3) is 0.316. The zero-order valence-corrected chi connectivity index (χ0v) is 12.6. The number of hydrogen-bond donors (Lipinski definition) is 2. The lowest BCUT2D eigenvalue weighted by molar-refractivity contribution is -0.147. The van der Waals surface area contributed by atoms with Gasteiger partial charge in [0.05, 0.1) is 5.41 Å². The van der Waals surface area contributed by atoms with E-state index in [1.165, 1.54) is 5.56 Å². The van der Waals surface area contributed by atoms with Gasteiger partial charge in [-0.25, -0.2) is 0 Å². The van der Waals surface area contributed by atoms with Crippen LogP contribution in [0.2, 0.25) is 0 Å². The van der Waals surface area contributed by atoms with Crippen molar-refractivity contribution in [2.24, 2.45) is 0 Å². The van der Waals surface area contributed by atoms with Gasteiger partial charge in [0.2, 0.25) is 0 Å². The Bertz CT molecular complexity index is 630. The van der Waals surface area contributed by atoms with Gasteiger partial charge in [-0.3, -0.25) is 4.79 Å². The molecule has 0 heterocycles. The number of anilines is 1. The highest BCUT2D eigenvalue weighted by atomic mass is 16.4. The van der Waals surface area contributed by atoms with Gasteiger partial charge in [0.25, 0.3) is 0 Å². The van der Waals surface area contributed by atoms with E-state index in [2.05, 4.69) is 17.4 Å². The van der Waals surface area contributed by atoms with Crippen LogP contribution >= 0.6 is 0 Å². The van der Waals surface area contributed by atoms with Crippen molar-refractivity contribution >= 4 is 11.7 Å². The fourth-order valence-electron chi connectivity index (χ4n) is 3.06. The Kier molecular flexibility index (Phi) is 4.14. The molecule has 1 saturated carbocycles. The van der Waals surface area contributed by atoms with E-state index in [1.807, 2.05) is 42.5 Å². The lowest BCUT2D eigenvalue weighted by atomic mass is 9.64. The summed E-state index contributed by atoms with van der Waals surface area (Å²) in [4.78, 5) is 11.5. The van der Waals surface area contributed by atoms with E-state index in [-0.39, 0.29) is 0 Å². The van der Waals surface area contributed by atoms with Gasteiger partial charge in [-0.1, -0.05) is 48.9 Å². The molecule has 0 aromatic heterocycles. The van der Waals surface area contributed by atoms with E-state index in [0.29, 0.717) is 0 Å². The predicted molar refractivity (Wildman–Crippen MR) is 88.2 cm³/mol. The van der Waals surface area contributed by atoms with Gasteiger partial charge in [0, 0.05) is 12.2 Å². The minimum absolute atomic E-state index is 0.636. The lowest BCUT2D eigenvalue weighted by Gasteiger charge is -2.38. The molecule has 0 radical (unpaired) electrons. The summed E-state index contributed by atoms with van der Waals surface area (Å²) in [5.74, 6) is -0.691. The number of carboxylic acid groups (broad SMARTS) is 1. The molecule has 2 aromatic carbocycles. The van der Waals surface area contributed by atoms with Gasteiger partial charge < -0.3 is 10.4 Å². The Morgan fingerprint density at radius 3 is 2.27 bits per heavy atom. The first-order valence-corrected chi connectivity index (χ1v) is 7.82. The topological polar surface area (TPSA) is 49.3 Å². The molecule has 3 rings (SSSR count). The zero-order valence-electron chi connectivity index (χ0n) is 12.6. The maximum absolute atomic E-state index is 11.5. The highest BCUT2D eigenvalue weighted by molar-refractivity contribution is 5.82. The van der Waals surface area contributed by atoms with Crippen LogP contribution in [0, 0.1) is 0 Å². The van der Waals surface area contributed by atoms with Crippen LogP contribution in [0.15, 0.2) is 54.6 Å². The molecule has 0 unspecified atom stereocenters. The first-order valence-electron chi connectivity index (χ1n) is 7.82. The molecule has 22 heavy (non-hydrogen) atoms. The normalized spacial score (nSPS) is 15.8. The third kappa shape index (κ3) is 2.84. The molecule has 3 nitrogen and oxygen atoms in total. The van der Waals surface area contributed by atoms with Gasteiger partial charge in [-0.05, 0) is 42.5 Å². The fourth-order valence-corrected chi connectivity index (χ4v) is 3.06. The molecule has 0 atom stereocenters. The van der Waals surface area contributed by atoms with Crippen molar-refractivity contribution in [3.05, 3.63) is 65.7 Å². The number of rotatable bonds is 6. The SMILES string of the molecule is O=C(O)C1(c2ccc(NCCc3ccccc3)cc2)CCC1. The molecule has 114 valence electrons. The van der Waals surface area contributed by atoms with Gasteiger partial charge in [0.15, 0.2) is 0 Å². The molecule has 2 N–H and O–H groups in total. The largest absolute Gasteiger partial charge is 0.481 e. The van der Waals surface area contributed by atoms with E-state index in [0.717, 1.165) is 43.5 Å². The van der Waals surface area contributed by atoms with E-state index >= 15 is 0 Å². The molecule has 1 fully saturated rings. The number of nitrogens with one attached hydrogen (secondary N) is 1. The van der Waals surface area contributed by atoms with Crippen LogP contribution in [-0.2, 0) is 16.6 Å². The number of hydrogen-bond acceptors (Lipinski definition) is 2. The molecule has 1 aliphatic rings. The van der Waals surface area contributed by atoms with Gasteiger partial charge in [0.1, 0.15) is 0 Å². The summed E-state index contributed by atoms with van der Waals surface area (Å²) in [5, 5.41) is 12.8. The van der Waals surface area contributed by atoms with Crippen LogP contribution in [-0.4, -0.2) is 17.6 Å². The Morgan fingerprint density at radius 2 is 1.73 bits per heavy atom. The molecule has 0 spiro atoms. The molecule has 0 saturated heterocycles. The third-order valence-electron chi connectivity index (χ3n) is 4.64. The minimum atomic E-state index is -0.691. The monoisotopic (exact) mass is 295 g/mol. The molecule has 2 aromatic rings. The molecular formula is C19H21NO2. The smallest absolute Gasteiger partial charge is 0.314 e. The lowest BCUT2D eigenvalue weighted by Crippen LogP contribution is -2.42. The maximum Gasteiger partial charge on any atom is 0.314 e. The zero-order chi connectivity index (χ0) is 15.4. The summed E-state index contributed by atoms with van der Waals surface area (Å²) in [6.45, 7) is 0.868. The van der Waals surface area contributed by atoms with Crippen LogP contribution in [0.25, 0.3) is 0 Å². The third-order valence-corrected chi connectivity index (χ3v) is 4.64. The van der Waals surface area contributed by atoms with Crippen molar-refractivity contribution in [2.45, 2.75) is 31.1 Å². The summed E-state index contributed by atoms with van der Waals surface area (Å²) in [7, 11) is 0. The van der Waals surface area contributed by atoms with Gasteiger partial charge in [-0.15, -0.1) is 0 Å². The Balaban J connectivity index is 1.59. The predicted octanol–water partition coefficient (Wildman–Crippen LogP) is 3.85. The second kappa shape index (κ2) is 6.22. The molecule has 0 aliphatic heterocycles. The molecule has 0 amide bonds. The second-order valence-electron chi connectivity index (χ2n) is 5.98. The van der Waals surface area contributed by atoms with Crippen molar-refractivity contribution in [2.75, 3.05) is 11.9 Å².